The maximum absolute atomic E-state index is 11.2. The molecule has 0 fully saturated rings. The summed E-state index contributed by atoms with van der Waals surface area (Å²) in [6.45, 7) is 0.905. The van der Waals surface area contributed by atoms with E-state index in [1.165, 1.54) is 0 Å². The zero-order chi connectivity index (χ0) is 11.0. The second-order valence-electron chi connectivity index (χ2n) is 3.07. The molecule has 0 spiro atoms. The Morgan fingerprint density at radius 1 is 1.43 bits per heavy atom. The van der Waals surface area contributed by atoms with Gasteiger partial charge in [-0.2, -0.15) is 0 Å². The number of rotatable bonds is 7. The smallest absolute Gasteiger partial charge is 0.262 e. The Morgan fingerprint density at radius 3 is 2.57 bits per heavy atom. The number of aldehydes is 1. The average Bonchev–Trinajstić information content (AvgIpc) is 2.14. The van der Waals surface area contributed by atoms with Crippen LogP contribution in [0.5, 0.6) is 0 Å². The Bertz CT molecular complexity index is 185. The first-order chi connectivity index (χ1) is 6.57. The molecule has 0 atom stereocenters. The van der Waals surface area contributed by atoms with Gasteiger partial charge >= 0.3 is 0 Å². The third kappa shape index (κ3) is 6.53. The van der Waals surface area contributed by atoms with Crippen LogP contribution in [-0.2, 0) is 14.3 Å². The standard InChI is InChI=1S/C8H17N3O3/c1-10(2)3-4-11(9)8(13)7-14-6-5-12/h5H,3-4,6-7,9H2,1-2H3. The summed E-state index contributed by atoms with van der Waals surface area (Å²) in [6, 6.07) is 0. The van der Waals surface area contributed by atoms with Gasteiger partial charge in [-0.05, 0) is 14.1 Å². The topological polar surface area (TPSA) is 75.9 Å². The molecule has 0 aliphatic carbocycles. The minimum atomic E-state index is -0.325. The summed E-state index contributed by atoms with van der Waals surface area (Å²) < 4.78 is 4.72. The van der Waals surface area contributed by atoms with Crippen molar-refractivity contribution in [3.05, 3.63) is 0 Å². The highest BCUT2D eigenvalue weighted by atomic mass is 16.5. The number of hydrogen-bond donors (Lipinski definition) is 1. The van der Waals surface area contributed by atoms with Gasteiger partial charge in [0.05, 0.1) is 0 Å². The first-order valence-corrected chi connectivity index (χ1v) is 4.29. The van der Waals surface area contributed by atoms with E-state index in [9.17, 15) is 9.59 Å². The van der Waals surface area contributed by atoms with Gasteiger partial charge in [-0.3, -0.25) is 9.80 Å². The lowest BCUT2D eigenvalue weighted by atomic mass is 10.5. The van der Waals surface area contributed by atoms with Crippen molar-refractivity contribution >= 4 is 12.2 Å². The molecule has 0 aliphatic heterocycles. The summed E-state index contributed by atoms with van der Waals surface area (Å²) in [6.07, 6.45) is 0.591. The molecule has 82 valence electrons. The van der Waals surface area contributed by atoms with Crippen molar-refractivity contribution in [2.75, 3.05) is 40.4 Å². The zero-order valence-electron chi connectivity index (χ0n) is 8.60. The van der Waals surface area contributed by atoms with Crippen LogP contribution in [0, 0.1) is 0 Å². The molecule has 0 saturated carbocycles. The fourth-order valence-electron chi connectivity index (χ4n) is 0.710. The number of likely N-dealkylation sites (N-methyl/N-ethyl adjacent to an activating group) is 1. The third-order valence-electron chi connectivity index (χ3n) is 1.52. The maximum atomic E-state index is 11.2. The first-order valence-electron chi connectivity index (χ1n) is 4.29. The molecule has 0 bridgehead atoms. The maximum Gasteiger partial charge on any atom is 0.262 e. The summed E-state index contributed by atoms with van der Waals surface area (Å²) in [5.74, 6) is 5.11. The van der Waals surface area contributed by atoms with Crippen molar-refractivity contribution in [1.29, 1.82) is 0 Å². The third-order valence-corrected chi connectivity index (χ3v) is 1.52. The Morgan fingerprint density at radius 2 is 2.07 bits per heavy atom. The Labute approximate surface area is 83.6 Å². The van der Waals surface area contributed by atoms with Gasteiger partial charge in [0.15, 0.2) is 0 Å². The molecular formula is C8H17N3O3. The van der Waals surface area contributed by atoms with Gasteiger partial charge in [0, 0.05) is 13.1 Å². The Balaban J connectivity index is 3.59. The van der Waals surface area contributed by atoms with Crippen LogP contribution in [0.1, 0.15) is 0 Å². The summed E-state index contributed by atoms with van der Waals surface area (Å²) in [5.41, 5.74) is 0. The van der Waals surface area contributed by atoms with Crippen LogP contribution >= 0.6 is 0 Å². The van der Waals surface area contributed by atoms with E-state index in [2.05, 4.69) is 0 Å². The van der Waals surface area contributed by atoms with Gasteiger partial charge in [-0.1, -0.05) is 0 Å². The lowest BCUT2D eigenvalue weighted by molar-refractivity contribution is -0.137. The van der Waals surface area contributed by atoms with E-state index in [1.54, 1.807) is 0 Å². The van der Waals surface area contributed by atoms with Gasteiger partial charge in [-0.15, -0.1) is 0 Å². The molecule has 6 nitrogen and oxygen atoms in total. The average molecular weight is 203 g/mol. The predicted molar refractivity (Wildman–Crippen MR) is 51.3 cm³/mol. The summed E-state index contributed by atoms with van der Waals surface area (Å²) in [5, 5.41) is 1.09. The van der Waals surface area contributed by atoms with Crippen molar-refractivity contribution in [3.8, 4) is 0 Å². The van der Waals surface area contributed by atoms with E-state index in [4.69, 9.17) is 10.6 Å². The van der Waals surface area contributed by atoms with Crippen molar-refractivity contribution in [3.63, 3.8) is 0 Å². The molecule has 0 radical (unpaired) electrons. The number of ether oxygens (including phenoxy) is 1. The van der Waals surface area contributed by atoms with Crippen LogP contribution in [0.15, 0.2) is 0 Å². The van der Waals surface area contributed by atoms with E-state index in [1.807, 2.05) is 19.0 Å². The van der Waals surface area contributed by atoms with Crippen molar-refractivity contribution in [2.45, 2.75) is 0 Å². The van der Waals surface area contributed by atoms with Gasteiger partial charge in [-0.25, -0.2) is 5.84 Å². The number of amides is 1. The minimum absolute atomic E-state index is 0.0761. The van der Waals surface area contributed by atoms with Crippen LogP contribution in [0.3, 0.4) is 0 Å². The molecule has 0 aromatic heterocycles. The van der Waals surface area contributed by atoms with Crippen molar-refractivity contribution in [1.82, 2.24) is 9.91 Å². The van der Waals surface area contributed by atoms with Crippen LogP contribution in [0.2, 0.25) is 0 Å². The van der Waals surface area contributed by atoms with Crippen LogP contribution in [0.4, 0.5) is 0 Å². The first kappa shape index (κ1) is 13.0. The zero-order valence-corrected chi connectivity index (χ0v) is 8.60. The van der Waals surface area contributed by atoms with Gasteiger partial charge in [0.2, 0.25) is 0 Å². The Hall–Kier alpha value is -0.980. The molecule has 2 N–H and O–H groups in total. The number of carbonyl (C=O) groups is 2. The van der Waals surface area contributed by atoms with Gasteiger partial charge in [0.25, 0.3) is 5.91 Å². The fraction of sp³-hybridized carbons (Fsp3) is 0.750. The highest BCUT2D eigenvalue weighted by Crippen LogP contribution is 1.84. The predicted octanol–water partition coefficient (Wildman–Crippen LogP) is -1.53. The van der Waals surface area contributed by atoms with E-state index < -0.39 is 0 Å². The quantitative estimate of drug-likeness (QED) is 0.178. The molecular weight excluding hydrogens is 186 g/mol. The highest BCUT2D eigenvalue weighted by Gasteiger charge is 2.08. The number of nitrogens with two attached hydrogens (primary N) is 1. The Kier molecular flexibility index (Phi) is 6.91. The van der Waals surface area contributed by atoms with E-state index in [0.717, 1.165) is 5.01 Å². The SMILES string of the molecule is CN(C)CCN(N)C(=O)COCC=O. The number of hydrazine groups is 1. The molecule has 0 aromatic rings. The molecule has 0 unspecified atom stereocenters. The van der Waals surface area contributed by atoms with E-state index in [0.29, 0.717) is 19.4 Å². The van der Waals surface area contributed by atoms with Crippen LogP contribution in [-0.4, -0.2) is 62.5 Å². The largest absolute Gasteiger partial charge is 0.364 e. The lowest BCUT2D eigenvalue weighted by Crippen LogP contribution is -2.43. The molecule has 0 aliphatic rings. The van der Waals surface area contributed by atoms with Crippen LogP contribution < -0.4 is 5.84 Å². The highest BCUT2D eigenvalue weighted by molar-refractivity contribution is 5.76. The minimum Gasteiger partial charge on any atom is -0.364 e. The molecule has 0 aromatic carbocycles. The lowest BCUT2D eigenvalue weighted by Gasteiger charge is -2.18. The summed E-state index contributed by atoms with van der Waals surface area (Å²) >= 11 is 0. The van der Waals surface area contributed by atoms with Gasteiger partial charge in [0.1, 0.15) is 19.5 Å². The number of nitrogens with zero attached hydrogens (tertiary/aromatic N) is 2. The molecule has 0 rings (SSSR count). The number of carbonyl (C=O) groups excluding carboxylic acids is 2. The van der Waals surface area contributed by atoms with Crippen LogP contribution in [0.25, 0.3) is 0 Å². The molecule has 0 saturated heterocycles. The molecule has 6 heteroatoms. The molecule has 1 amide bonds. The van der Waals surface area contributed by atoms with E-state index in [-0.39, 0.29) is 19.1 Å². The normalized spacial score (nSPS) is 10.3. The molecule has 14 heavy (non-hydrogen) atoms. The molecule has 0 heterocycles. The summed E-state index contributed by atoms with van der Waals surface area (Å²) in [7, 11) is 3.78. The van der Waals surface area contributed by atoms with Crippen molar-refractivity contribution in [2.24, 2.45) is 5.84 Å². The second kappa shape index (κ2) is 7.43. The van der Waals surface area contributed by atoms with E-state index >= 15 is 0 Å². The second-order valence-corrected chi connectivity index (χ2v) is 3.07. The fourth-order valence-corrected chi connectivity index (χ4v) is 0.710. The van der Waals surface area contributed by atoms with Gasteiger partial charge < -0.3 is 14.4 Å². The number of hydrogen-bond acceptors (Lipinski definition) is 5. The van der Waals surface area contributed by atoms with Crippen molar-refractivity contribution < 1.29 is 14.3 Å². The monoisotopic (exact) mass is 203 g/mol. The summed E-state index contributed by atoms with van der Waals surface area (Å²) in [4.78, 5) is 23.0.